The summed E-state index contributed by atoms with van der Waals surface area (Å²) >= 11 is 0. The lowest BCUT2D eigenvalue weighted by Gasteiger charge is -2.17. The normalized spacial score (nSPS) is 21.6. The van der Waals surface area contributed by atoms with Gasteiger partial charge in [-0.2, -0.15) is 0 Å². The Hall–Kier alpha value is -1.36. The highest BCUT2D eigenvalue weighted by molar-refractivity contribution is 5.81. The second-order valence-corrected chi connectivity index (χ2v) is 4.36. The van der Waals surface area contributed by atoms with E-state index in [4.69, 9.17) is 4.74 Å². The summed E-state index contributed by atoms with van der Waals surface area (Å²) in [5, 5.41) is 1.25. The van der Waals surface area contributed by atoms with Crippen molar-refractivity contribution in [2.24, 2.45) is 7.05 Å². The van der Waals surface area contributed by atoms with E-state index in [0.717, 1.165) is 25.3 Å². The van der Waals surface area contributed by atoms with Gasteiger partial charge in [0.15, 0.2) is 6.23 Å². The SMILES string of the molecule is Cn1c(C2NNCCCO2)cc2ccccc21. The van der Waals surface area contributed by atoms with Gasteiger partial charge in [-0.05, 0) is 23.9 Å². The second-order valence-electron chi connectivity index (χ2n) is 4.36. The van der Waals surface area contributed by atoms with E-state index in [1.165, 1.54) is 10.9 Å². The van der Waals surface area contributed by atoms with Crippen LogP contribution in [0.1, 0.15) is 18.3 Å². The van der Waals surface area contributed by atoms with Crippen LogP contribution >= 0.6 is 0 Å². The van der Waals surface area contributed by atoms with Crippen LogP contribution in [-0.4, -0.2) is 17.7 Å². The lowest BCUT2D eigenvalue weighted by Crippen LogP contribution is -2.35. The lowest BCUT2D eigenvalue weighted by atomic mass is 10.2. The number of hydrogen-bond acceptors (Lipinski definition) is 3. The molecule has 0 spiro atoms. The molecule has 0 aliphatic carbocycles. The van der Waals surface area contributed by atoms with Crippen LogP contribution in [-0.2, 0) is 11.8 Å². The van der Waals surface area contributed by atoms with Gasteiger partial charge < -0.3 is 9.30 Å². The smallest absolute Gasteiger partial charge is 0.161 e. The third-order valence-electron chi connectivity index (χ3n) is 3.22. The zero-order chi connectivity index (χ0) is 11.7. The van der Waals surface area contributed by atoms with Gasteiger partial charge >= 0.3 is 0 Å². The molecule has 0 bridgehead atoms. The molecule has 1 atom stereocenters. The van der Waals surface area contributed by atoms with Crippen molar-refractivity contribution >= 4 is 10.9 Å². The Balaban J connectivity index is 2.01. The number of nitrogens with one attached hydrogen (secondary N) is 2. The highest BCUT2D eigenvalue weighted by atomic mass is 16.5. The Kier molecular flexibility index (Phi) is 2.84. The van der Waals surface area contributed by atoms with E-state index in [2.05, 4.69) is 52.8 Å². The van der Waals surface area contributed by atoms with E-state index >= 15 is 0 Å². The van der Waals surface area contributed by atoms with Crippen molar-refractivity contribution in [2.45, 2.75) is 12.6 Å². The number of nitrogens with zero attached hydrogens (tertiary/aromatic N) is 1. The molecule has 0 amide bonds. The predicted molar refractivity (Wildman–Crippen MR) is 67.4 cm³/mol. The molecule has 1 aliphatic rings. The summed E-state index contributed by atoms with van der Waals surface area (Å²) < 4.78 is 7.99. The van der Waals surface area contributed by atoms with E-state index in [1.807, 2.05) is 0 Å². The summed E-state index contributed by atoms with van der Waals surface area (Å²) in [7, 11) is 2.08. The Bertz CT molecular complexity index is 512. The number of aromatic nitrogens is 1. The summed E-state index contributed by atoms with van der Waals surface area (Å²) in [5.41, 5.74) is 8.77. The van der Waals surface area contributed by atoms with Crippen molar-refractivity contribution in [3.8, 4) is 0 Å². The van der Waals surface area contributed by atoms with Crippen LogP contribution in [0.5, 0.6) is 0 Å². The van der Waals surface area contributed by atoms with Gasteiger partial charge in [-0.15, -0.1) is 0 Å². The van der Waals surface area contributed by atoms with Crippen LogP contribution < -0.4 is 10.9 Å². The lowest BCUT2D eigenvalue weighted by molar-refractivity contribution is 0.0313. The Morgan fingerprint density at radius 2 is 2.24 bits per heavy atom. The molecule has 4 heteroatoms. The van der Waals surface area contributed by atoms with Gasteiger partial charge in [-0.1, -0.05) is 18.2 Å². The van der Waals surface area contributed by atoms with Crippen molar-refractivity contribution in [3.05, 3.63) is 36.0 Å². The molecule has 1 saturated heterocycles. The maximum absolute atomic E-state index is 5.80. The van der Waals surface area contributed by atoms with Gasteiger partial charge in [0.1, 0.15) is 0 Å². The van der Waals surface area contributed by atoms with Crippen molar-refractivity contribution in [2.75, 3.05) is 13.2 Å². The second kappa shape index (κ2) is 4.49. The number of para-hydroxylation sites is 1. The van der Waals surface area contributed by atoms with Crippen molar-refractivity contribution in [1.29, 1.82) is 0 Å². The van der Waals surface area contributed by atoms with E-state index in [-0.39, 0.29) is 6.23 Å². The first-order valence-corrected chi connectivity index (χ1v) is 6.00. The minimum atomic E-state index is -0.0742. The molecule has 4 nitrogen and oxygen atoms in total. The van der Waals surface area contributed by atoms with Crippen LogP contribution in [0, 0.1) is 0 Å². The topological polar surface area (TPSA) is 38.2 Å². The highest BCUT2D eigenvalue weighted by Crippen LogP contribution is 2.24. The molecule has 2 heterocycles. The molecular weight excluding hydrogens is 214 g/mol. The third kappa shape index (κ3) is 1.95. The predicted octanol–water partition coefficient (Wildman–Crippen LogP) is 1.69. The fourth-order valence-electron chi connectivity index (χ4n) is 2.29. The summed E-state index contributed by atoms with van der Waals surface area (Å²) in [6.45, 7) is 1.73. The highest BCUT2D eigenvalue weighted by Gasteiger charge is 2.18. The number of hydrazine groups is 1. The van der Waals surface area contributed by atoms with Crippen molar-refractivity contribution in [3.63, 3.8) is 0 Å². The molecular formula is C13H17N3O. The molecule has 1 aliphatic heterocycles. The van der Waals surface area contributed by atoms with Gasteiger partial charge in [-0.3, -0.25) is 5.43 Å². The average molecular weight is 231 g/mol. The van der Waals surface area contributed by atoms with Crippen LogP contribution in [0.25, 0.3) is 10.9 Å². The monoisotopic (exact) mass is 231 g/mol. The van der Waals surface area contributed by atoms with E-state index in [1.54, 1.807) is 0 Å². The molecule has 2 N–H and O–H groups in total. The van der Waals surface area contributed by atoms with E-state index in [0.29, 0.717) is 0 Å². The summed E-state index contributed by atoms with van der Waals surface area (Å²) in [4.78, 5) is 0. The standard InChI is InChI=1S/C13H17N3O/c1-16-11-6-3-2-5-10(11)9-12(16)13-15-14-7-4-8-17-13/h2-3,5-6,9,13-15H,4,7-8H2,1H3. The van der Waals surface area contributed by atoms with Gasteiger partial charge in [-0.25, -0.2) is 5.43 Å². The number of benzene rings is 1. The summed E-state index contributed by atoms with van der Waals surface area (Å²) in [5.74, 6) is 0. The molecule has 0 radical (unpaired) electrons. The third-order valence-corrected chi connectivity index (χ3v) is 3.22. The van der Waals surface area contributed by atoms with Crippen LogP contribution in [0.15, 0.2) is 30.3 Å². The molecule has 1 fully saturated rings. The fraction of sp³-hybridized carbons (Fsp3) is 0.385. The Morgan fingerprint density at radius 1 is 1.35 bits per heavy atom. The minimum Gasteiger partial charge on any atom is -0.356 e. The van der Waals surface area contributed by atoms with E-state index < -0.39 is 0 Å². The Labute approximate surface area is 101 Å². The van der Waals surface area contributed by atoms with Gasteiger partial charge in [0.25, 0.3) is 0 Å². The molecule has 2 aromatic rings. The van der Waals surface area contributed by atoms with E-state index in [9.17, 15) is 0 Å². The van der Waals surface area contributed by atoms with Gasteiger partial charge in [0, 0.05) is 19.1 Å². The van der Waals surface area contributed by atoms with Crippen molar-refractivity contribution < 1.29 is 4.74 Å². The summed E-state index contributed by atoms with van der Waals surface area (Å²) in [6.07, 6.45) is 0.961. The number of ether oxygens (including phenoxy) is 1. The molecule has 1 aromatic carbocycles. The zero-order valence-corrected chi connectivity index (χ0v) is 9.94. The first-order valence-electron chi connectivity index (χ1n) is 6.00. The number of rotatable bonds is 1. The molecule has 17 heavy (non-hydrogen) atoms. The minimum absolute atomic E-state index is 0.0742. The van der Waals surface area contributed by atoms with Crippen LogP contribution in [0.2, 0.25) is 0 Å². The van der Waals surface area contributed by atoms with Gasteiger partial charge in [0.2, 0.25) is 0 Å². The molecule has 1 aromatic heterocycles. The maximum Gasteiger partial charge on any atom is 0.161 e. The maximum atomic E-state index is 5.80. The fourth-order valence-corrected chi connectivity index (χ4v) is 2.29. The van der Waals surface area contributed by atoms with Crippen LogP contribution in [0.4, 0.5) is 0 Å². The van der Waals surface area contributed by atoms with Crippen molar-refractivity contribution in [1.82, 2.24) is 15.4 Å². The molecule has 90 valence electrons. The first-order chi connectivity index (χ1) is 8.36. The largest absolute Gasteiger partial charge is 0.356 e. The van der Waals surface area contributed by atoms with Gasteiger partial charge in [0.05, 0.1) is 12.3 Å². The number of hydrogen-bond donors (Lipinski definition) is 2. The first kappa shape index (κ1) is 10.8. The van der Waals surface area contributed by atoms with Crippen LogP contribution in [0.3, 0.4) is 0 Å². The number of fused-ring (bicyclic) bond motifs is 1. The summed E-state index contributed by atoms with van der Waals surface area (Å²) in [6, 6.07) is 10.6. The molecule has 0 saturated carbocycles. The average Bonchev–Trinajstić information content (AvgIpc) is 2.57. The quantitative estimate of drug-likeness (QED) is 0.784. The molecule has 3 rings (SSSR count). The number of aryl methyl sites for hydroxylation is 1. The zero-order valence-electron chi connectivity index (χ0n) is 9.94. The molecule has 1 unspecified atom stereocenters. The Morgan fingerprint density at radius 3 is 3.12 bits per heavy atom.